The number of benzene rings is 1. The number of rotatable bonds is 4. The summed E-state index contributed by atoms with van der Waals surface area (Å²) in [6, 6.07) is 10.9. The summed E-state index contributed by atoms with van der Waals surface area (Å²) in [7, 11) is 0. The first-order valence-corrected chi connectivity index (χ1v) is 10.4. The zero-order valence-electron chi connectivity index (χ0n) is 17.3. The fraction of sp³-hybridized carbons (Fsp3) is 0.435. The summed E-state index contributed by atoms with van der Waals surface area (Å²) in [5.41, 5.74) is 3.07. The van der Waals surface area contributed by atoms with Crippen molar-refractivity contribution in [2.75, 3.05) is 0 Å². The van der Waals surface area contributed by atoms with Gasteiger partial charge >= 0.3 is 0 Å². The maximum Gasteiger partial charge on any atom is 0.253 e. The second-order valence-corrected chi connectivity index (χ2v) is 8.09. The van der Waals surface area contributed by atoms with Crippen molar-refractivity contribution in [3.05, 3.63) is 58.0 Å². The molecule has 6 heteroatoms. The molecular formula is C23H28N4O2. The van der Waals surface area contributed by atoms with Crippen LogP contribution in [0.4, 0.5) is 0 Å². The van der Waals surface area contributed by atoms with Gasteiger partial charge in [-0.05, 0) is 51.3 Å². The predicted molar refractivity (Wildman–Crippen MR) is 115 cm³/mol. The van der Waals surface area contributed by atoms with Crippen LogP contribution in [0, 0.1) is 13.8 Å². The average Bonchev–Trinajstić information content (AvgIpc) is 3.06. The van der Waals surface area contributed by atoms with Crippen molar-refractivity contribution in [1.29, 1.82) is 0 Å². The van der Waals surface area contributed by atoms with Gasteiger partial charge in [-0.2, -0.15) is 5.10 Å². The second kappa shape index (κ2) is 7.85. The number of aromatic nitrogens is 3. The van der Waals surface area contributed by atoms with Crippen LogP contribution in [0.3, 0.4) is 0 Å². The Hall–Kier alpha value is -2.89. The summed E-state index contributed by atoms with van der Waals surface area (Å²) < 4.78 is 3.37. The summed E-state index contributed by atoms with van der Waals surface area (Å²) in [6.07, 6.45) is 5.55. The molecule has 0 radical (unpaired) electrons. The number of hydrogen-bond acceptors (Lipinski definition) is 3. The maximum absolute atomic E-state index is 13.0. The smallest absolute Gasteiger partial charge is 0.253 e. The lowest BCUT2D eigenvalue weighted by molar-refractivity contribution is -0.124. The van der Waals surface area contributed by atoms with Crippen molar-refractivity contribution in [1.82, 2.24) is 19.7 Å². The molecule has 4 rings (SSSR count). The first kappa shape index (κ1) is 19.4. The van der Waals surface area contributed by atoms with Crippen LogP contribution in [-0.2, 0) is 4.79 Å². The van der Waals surface area contributed by atoms with Crippen LogP contribution in [0.5, 0.6) is 0 Å². The molecule has 0 spiro atoms. The molecule has 0 saturated heterocycles. The van der Waals surface area contributed by atoms with E-state index in [1.807, 2.05) is 44.2 Å². The molecule has 1 aliphatic carbocycles. The van der Waals surface area contributed by atoms with Gasteiger partial charge in [0.05, 0.1) is 11.4 Å². The van der Waals surface area contributed by atoms with E-state index in [9.17, 15) is 9.59 Å². The molecule has 1 aromatic carbocycles. The van der Waals surface area contributed by atoms with E-state index in [0.29, 0.717) is 5.65 Å². The molecule has 1 amide bonds. The van der Waals surface area contributed by atoms with Crippen molar-refractivity contribution in [3.8, 4) is 5.69 Å². The Labute approximate surface area is 170 Å². The van der Waals surface area contributed by atoms with Crippen LogP contribution in [0.2, 0.25) is 0 Å². The molecule has 6 nitrogen and oxygen atoms in total. The summed E-state index contributed by atoms with van der Waals surface area (Å²) in [5.74, 6) is -0.109. The lowest BCUT2D eigenvalue weighted by Crippen LogP contribution is -2.42. The van der Waals surface area contributed by atoms with Gasteiger partial charge < -0.3 is 5.32 Å². The van der Waals surface area contributed by atoms with Gasteiger partial charge in [0.2, 0.25) is 5.91 Å². The fourth-order valence-corrected chi connectivity index (χ4v) is 4.44. The standard InChI is InChI=1S/C23H28N4O2/c1-15-14-20(28)26(17(3)22(29)24-18-10-6-4-7-11-18)23-21(15)16(2)25-27(23)19-12-8-5-9-13-19/h5,8-9,12-14,17-18H,4,6-7,10-11H2,1-3H3,(H,24,29). The second-order valence-electron chi connectivity index (χ2n) is 8.09. The number of aryl methyl sites for hydroxylation is 2. The van der Waals surface area contributed by atoms with Gasteiger partial charge in [-0.25, -0.2) is 4.68 Å². The van der Waals surface area contributed by atoms with E-state index in [0.717, 1.165) is 48.0 Å². The zero-order chi connectivity index (χ0) is 20.5. The molecule has 0 aliphatic heterocycles. The first-order chi connectivity index (χ1) is 14.0. The Morgan fingerprint density at radius 1 is 1.14 bits per heavy atom. The summed E-state index contributed by atoms with van der Waals surface area (Å²) in [5, 5.41) is 8.79. The number of fused-ring (bicyclic) bond motifs is 1. The third-order valence-electron chi connectivity index (χ3n) is 5.96. The number of pyridine rings is 1. The molecule has 152 valence electrons. The number of para-hydroxylation sites is 1. The molecule has 1 saturated carbocycles. The number of nitrogens with zero attached hydrogens (tertiary/aromatic N) is 3. The van der Waals surface area contributed by atoms with Crippen LogP contribution in [0.1, 0.15) is 56.3 Å². The SMILES string of the molecule is Cc1cc(=O)n(C(C)C(=O)NC2CCCCC2)c2c1c(C)nn2-c1ccccc1. The van der Waals surface area contributed by atoms with Crippen molar-refractivity contribution in [2.24, 2.45) is 0 Å². The molecule has 1 unspecified atom stereocenters. The summed E-state index contributed by atoms with van der Waals surface area (Å²) in [6.45, 7) is 5.66. The van der Waals surface area contributed by atoms with Gasteiger partial charge in [0.15, 0.2) is 0 Å². The van der Waals surface area contributed by atoms with Crippen molar-refractivity contribution >= 4 is 16.9 Å². The van der Waals surface area contributed by atoms with Gasteiger partial charge in [0.25, 0.3) is 5.56 Å². The Kier molecular flexibility index (Phi) is 5.26. The minimum atomic E-state index is -0.619. The molecule has 2 heterocycles. The molecule has 3 aromatic rings. The van der Waals surface area contributed by atoms with Gasteiger partial charge in [-0.3, -0.25) is 14.2 Å². The van der Waals surface area contributed by atoms with Crippen LogP contribution < -0.4 is 10.9 Å². The maximum atomic E-state index is 13.0. The highest BCUT2D eigenvalue weighted by Gasteiger charge is 2.25. The fourth-order valence-electron chi connectivity index (χ4n) is 4.44. The van der Waals surface area contributed by atoms with E-state index in [2.05, 4.69) is 5.32 Å². The van der Waals surface area contributed by atoms with Gasteiger partial charge in [0, 0.05) is 17.5 Å². The van der Waals surface area contributed by atoms with Crippen LogP contribution in [-0.4, -0.2) is 26.3 Å². The lowest BCUT2D eigenvalue weighted by atomic mass is 9.95. The highest BCUT2D eigenvalue weighted by Crippen LogP contribution is 2.26. The number of carbonyl (C=O) groups is 1. The largest absolute Gasteiger partial charge is 0.352 e. The zero-order valence-corrected chi connectivity index (χ0v) is 17.3. The van der Waals surface area contributed by atoms with Gasteiger partial charge in [-0.15, -0.1) is 0 Å². The molecule has 1 fully saturated rings. The molecular weight excluding hydrogens is 364 g/mol. The minimum Gasteiger partial charge on any atom is -0.352 e. The summed E-state index contributed by atoms with van der Waals surface area (Å²) >= 11 is 0. The normalized spacial score (nSPS) is 16.1. The number of hydrogen-bond donors (Lipinski definition) is 1. The van der Waals surface area contributed by atoms with E-state index in [-0.39, 0.29) is 17.5 Å². The van der Waals surface area contributed by atoms with Crippen LogP contribution in [0.15, 0.2) is 41.2 Å². The molecule has 2 aromatic heterocycles. The highest BCUT2D eigenvalue weighted by molar-refractivity contribution is 5.87. The number of carbonyl (C=O) groups excluding carboxylic acids is 1. The Morgan fingerprint density at radius 3 is 2.52 bits per heavy atom. The monoisotopic (exact) mass is 392 g/mol. The average molecular weight is 393 g/mol. The van der Waals surface area contributed by atoms with E-state index >= 15 is 0 Å². The molecule has 1 N–H and O–H groups in total. The number of nitrogens with one attached hydrogen (secondary N) is 1. The first-order valence-electron chi connectivity index (χ1n) is 10.4. The highest BCUT2D eigenvalue weighted by atomic mass is 16.2. The van der Waals surface area contributed by atoms with E-state index in [1.165, 1.54) is 6.42 Å². The molecule has 1 atom stereocenters. The van der Waals surface area contributed by atoms with E-state index in [1.54, 1.807) is 22.2 Å². The van der Waals surface area contributed by atoms with Crippen LogP contribution >= 0.6 is 0 Å². The quantitative estimate of drug-likeness (QED) is 0.734. The van der Waals surface area contributed by atoms with E-state index in [4.69, 9.17) is 5.10 Å². The topological polar surface area (TPSA) is 68.9 Å². The Balaban J connectivity index is 1.83. The molecule has 29 heavy (non-hydrogen) atoms. The van der Waals surface area contributed by atoms with Gasteiger partial charge in [0.1, 0.15) is 11.7 Å². The van der Waals surface area contributed by atoms with E-state index < -0.39 is 6.04 Å². The van der Waals surface area contributed by atoms with Crippen molar-refractivity contribution < 1.29 is 4.79 Å². The minimum absolute atomic E-state index is 0.109. The van der Waals surface area contributed by atoms with Crippen LogP contribution in [0.25, 0.3) is 16.7 Å². The number of amides is 1. The Bertz CT molecular complexity index is 1090. The molecule has 0 bridgehead atoms. The van der Waals surface area contributed by atoms with Crippen molar-refractivity contribution in [2.45, 2.75) is 65.0 Å². The third kappa shape index (κ3) is 3.59. The van der Waals surface area contributed by atoms with Gasteiger partial charge in [-0.1, -0.05) is 37.5 Å². The summed E-state index contributed by atoms with van der Waals surface area (Å²) in [4.78, 5) is 26.1. The Morgan fingerprint density at radius 2 is 1.83 bits per heavy atom. The lowest BCUT2D eigenvalue weighted by Gasteiger charge is -2.25. The van der Waals surface area contributed by atoms with Crippen molar-refractivity contribution in [3.63, 3.8) is 0 Å². The predicted octanol–water partition coefficient (Wildman–Crippen LogP) is 3.81. The molecule has 1 aliphatic rings. The third-order valence-corrected chi connectivity index (χ3v) is 5.96.